The van der Waals surface area contributed by atoms with E-state index in [1.807, 2.05) is 24.3 Å². The maximum absolute atomic E-state index is 11.9. The summed E-state index contributed by atoms with van der Waals surface area (Å²) in [4.78, 5) is 12.8. The molecule has 0 aliphatic rings. The lowest BCUT2D eigenvalue weighted by molar-refractivity contribution is -0.115. The van der Waals surface area contributed by atoms with Crippen LogP contribution in [-0.2, 0) is 4.79 Å². The van der Waals surface area contributed by atoms with E-state index in [-0.39, 0.29) is 5.91 Å². The smallest absolute Gasteiger partial charge is 0.225 e. The van der Waals surface area contributed by atoms with Crippen molar-refractivity contribution in [3.05, 3.63) is 52.5 Å². The molecule has 6 heteroatoms. The summed E-state index contributed by atoms with van der Waals surface area (Å²) in [5.41, 5.74) is 6.77. The highest BCUT2D eigenvalue weighted by molar-refractivity contribution is 7.99. The highest BCUT2D eigenvalue weighted by Gasteiger charge is 2.06. The van der Waals surface area contributed by atoms with E-state index in [2.05, 4.69) is 5.32 Å². The normalized spacial score (nSPS) is 10.4. The third-order valence-electron chi connectivity index (χ3n) is 2.70. The summed E-state index contributed by atoms with van der Waals surface area (Å²) in [6, 6.07) is 12.6. The monoisotopic (exact) mass is 340 g/mol. The molecule has 0 aliphatic carbocycles. The van der Waals surface area contributed by atoms with E-state index in [1.54, 1.807) is 30.0 Å². The zero-order chi connectivity index (χ0) is 15.2. The highest BCUT2D eigenvalue weighted by Crippen LogP contribution is 2.27. The van der Waals surface area contributed by atoms with Crippen LogP contribution in [0.25, 0.3) is 0 Å². The van der Waals surface area contributed by atoms with Crippen LogP contribution in [0, 0.1) is 0 Å². The van der Waals surface area contributed by atoms with Gasteiger partial charge in [-0.15, -0.1) is 11.8 Å². The first-order chi connectivity index (χ1) is 10.1. The molecule has 0 unspecified atom stereocenters. The first kappa shape index (κ1) is 16.0. The fourth-order valence-electron chi connectivity index (χ4n) is 1.66. The molecule has 0 bridgehead atoms. The number of nitrogens with two attached hydrogens (primary N) is 1. The SMILES string of the molecule is Nc1cc(NC(=O)CCSc2ccccc2Cl)ccc1Cl. The maximum atomic E-state index is 11.9. The Labute approximate surface area is 137 Å². The van der Waals surface area contributed by atoms with Gasteiger partial charge in [-0.2, -0.15) is 0 Å². The number of hydrogen-bond acceptors (Lipinski definition) is 3. The zero-order valence-electron chi connectivity index (χ0n) is 11.1. The van der Waals surface area contributed by atoms with Crippen molar-refractivity contribution >= 4 is 52.2 Å². The molecule has 0 aromatic heterocycles. The number of nitrogens with one attached hydrogen (secondary N) is 1. The molecule has 0 heterocycles. The van der Waals surface area contributed by atoms with Gasteiger partial charge in [-0.05, 0) is 30.3 Å². The van der Waals surface area contributed by atoms with Crippen LogP contribution in [0.15, 0.2) is 47.4 Å². The molecule has 0 spiro atoms. The van der Waals surface area contributed by atoms with Crippen LogP contribution in [0.3, 0.4) is 0 Å². The first-order valence-electron chi connectivity index (χ1n) is 6.28. The van der Waals surface area contributed by atoms with E-state index >= 15 is 0 Å². The van der Waals surface area contributed by atoms with E-state index in [4.69, 9.17) is 28.9 Å². The number of anilines is 2. The average molecular weight is 341 g/mol. The van der Waals surface area contributed by atoms with Crippen molar-refractivity contribution in [2.24, 2.45) is 0 Å². The Morgan fingerprint density at radius 2 is 1.90 bits per heavy atom. The molecule has 21 heavy (non-hydrogen) atoms. The van der Waals surface area contributed by atoms with Crippen molar-refractivity contribution in [3.8, 4) is 0 Å². The van der Waals surface area contributed by atoms with Crippen LogP contribution in [0.5, 0.6) is 0 Å². The number of carbonyl (C=O) groups excluding carboxylic acids is 1. The lowest BCUT2D eigenvalue weighted by Gasteiger charge is -2.07. The highest BCUT2D eigenvalue weighted by atomic mass is 35.5. The minimum absolute atomic E-state index is 0.0729. The van der Waals surface area contributed by atoms with Gasteiger partial charge in [0.1, 0.15) is 0 Å². The number of rotatable bonds is 5. The van der Waals surface area contributed by atoms with Gasteiger partial charge in [-0.25, -0.2) is 0 Å². The summed E-state index contributed by atoms with van der Waals surface area (Å²) in [7, 11) is 0. The third kappa shape index (κ3) is 4.84. The Morgan fingerprint density at radius 1 is 1.14 bits per heavy atom. The predicted octanol–water partition coefficient (Wildman–Crippen LogP) is 4.70. The zero-order valence-corrected chi connectivity index (χ0v) is 13.4. The summed E-state index contributed by atoms with van der Waals surface area (Å²) >= 11 is 13.4. The second-order valence-electron chi connectivity index (χ2n) is 4.31. The average Bonchev–Trinajstić information content (AvgIpc) is 2.45. The van der Waals surface area contributed by atoms with Gasteiger partial charge in [0.25, 0.3) is 0 Å². The Hall–Kier alpha value is -1.36. The van der Waals surface area contributed by atoms with Crippen molar-refractivity contribution in [2.75, 3.05) is 16.8 Å². The fourth-order valence-corrected chi connectivity index (χ4v) is 2.97. The van der Waals surface area contributed by atoms with Crippen molar-refractivity contribution < 1.29 is 4.79 Å². The van der Waals surface area contributed by atoms with Crippen molar-refractivity contribution in [1.82, 2.24) is 0 Å². The summed E-state index contributed by atoms with van der Waals surface area (Å²) in [5.74, 6) is 0.579. The molecule has 2 rings (SSSR count). The van der Waals surface area contributed by atoms with E-state index in [0.717, 1.165) is 4.90 Å². The number of amides is 1. The van der Waals surface area contributed by atoms with Gasteiger partial charge in [0.05, 0.1) is 15.7 Å². The molecule has 0 fully saturated rings. The number of nitrogen functional groups attached to an aromatic ring is 1. The molecule has 3 nitrogen and oxygen atoms in total. The summed E-state index contributed by atoms with van der Waals surface area (Å²) < 4.78 is 0. The molecule has 2 aromatic carbocycles. The number of thioether (sulfide) groups is 1. The minimum Gasteiger partial charge on any atom is -0.397 e. The quantitative estimate of drug-likeness (QED) is 0.612. The molecular weight excluding hydrogens is 327 g/mol. The van der Waals surface area contributed by atoms with Gasteiger partial charge >= 0.3 is 0 Å². The Morgan fingerprint density at radius 3 is 2.62 bits per heavy atom. The molecular formula is C15H14Cl2N2OS. The van der Waals surface area contributed by atoms with Gasteiger partial charge in [0.2, 0.25) is 5.91 Å². The molecule has 3 N–H and O–H groups in total. The van der Waals surface area contributed by atoms with Crippen molar-refractivity contribution in [1.29, 1.82) is 0 Å². The van der Waals surface area contributed by atoms with E-state index < -0.39 is 0 Å². The van der Waals surface area contributed by atoms with Crippen LogP contribution in [0.4, 0.5) is 11.4 Å². The van der Waals surface area contributed by atoms with Crippen LogP contribution < -0.4 is 11.1 Å². The standard InChI is InChI=1S/C15H14Cl2N2OS/c16-11-6-5-10(9-13(11)18)19-15(20)7-8-21-14-4-2-1-3-12(14)17/h1-6,9H,7-8,18H2,(H,19,20). The van der Waals surface area contributed by atoms with Gasteiger partial charge in [0.15, 0.2) is 0 Å². The van der Waals surface area contributed by atoms with Crippen LogP contribution >= 0.6 is 35.0 Å². The molecule has 0 aliphatic heterocycles. The van der Waals surface area contributed by atoms with Crippen LogP contribution in [0.2, 0.25) is 10.0 Å². The van der Waals surface area contributed by atoms with Gasteiger partial charge in [0, 0.05) is 22.8 Å². The third-order valence-corrected chi connectivity index (χ3v) is 4.56. The topological polar surface area (TPSA) is 55.1 Å². The molecule has 0 atom stereocenters. The van der Waals surface area contributed by atoms with Crippen molar-refractivity contribution in [3.63, 3.8) is 0 Å². The predicted molar refractivity (Wildman–Crippen MR) is 91.3 cm³/mol. The van der Waals surface area contributed by atoms with E-state index in [1.165, 1.54) is 0 Å². The summed E-state index contributed by atoms with van der Waals surface area (Å²) in [5, 5.41) is 3.96. The largest absolute Gasteiger partial charge is 0.397 e. The summed E-state index contributed by atoms with van der Waals surface area (Å²) in [6.45, 7) is 0. The number of halogens is 2. The van der Waals surface area contributed by atoms with E-state index in [0.29, 0.717) is 33.6 Å². The van der Waals surface area contributed by atoms with Crippen LogP contribution in [-0.4, -0.2) is 11.7 Å². The number of benzene rings is 2. The molecule has 110 valence electrons. The van der Waals surface area contributed by atoms with Crippen molar-refractivity contribution in [2.45, 2.75) is 11.3 Å². The van der Waals surface area contributed by atoms with Gasteiger partial charge in [-0.3, -0.25) is 4.79 Å². The Bertz CT molecular complexity index is 649. The van der Waals surface area contributed by atoms with E-state index in [9.17, 15) is 4.79 Å². The van der Waals surface area contributed by atoms with Gasteiger partial charge in [-0.1, -0.05) is 35.3 Å². The molecule has 0 saturated carbocycles. The minimum atomic E-state index is -0.0729. The lowest BCUT2D eigenvalue weighted by atomic mass is 10.2. The fraction of sp³-hybridized carbons (Fsp3) is 0.133. The molecule has 2 aromatic rings. The first-order valence-corrected chi connectivity index (χ1v) is 8.02. The number of carbonyl (C=O) groups is 1. The molecule has 0 saturated heterocycles. The number of hydrogen-bond donors (Lipinski definition) is 2. The van der Waals surface area contributed by atoms with Crippen LogP contribution in [0.1, 0.15) is 6.42 Å². The summed E-state index contributed by atoms with van der Waals surface area (Å²) in [6.07, 6.45) is 0.387. The Kier molecular flexibility index (Phi) is 5.79. The second-order valence-corrected chi connectivity index (χ2v) is 6.26. The van der Waals surface area contributed by atoms with Gasteiger partial charge < -0.3 is 11.1 Å². The molecule has 0 radical (unpaired) electrons. The Balaban J connectivity index is 1.82. The lowest BCUT2D eigenvalue weighted by Crippen LogP contribution is -2.12. The molecule has 1 amide bonds. The second kappa shape index (κ2) is 7.59. The maximum Gasteiger partial charge on any atom is 0.225 e.